The standard InChI is InChI=1S/C10H11IN2O4/c11-6-1-3-7(4-2-6)13-10(17)12-5-8(14)9(15)16/h1-4,8,14H,5H2,(H,15,16)(H2,12,13,17)/t8-/m0/s1. The lowest BCUT2D eigenvalue weighted by atomic mass is 10.3. The van der Waals surface area contributed by atoms with Crippen LogP contribution < -0.4 is 10.6 Å². The Kier molecular flexibility index (Phi) is 5.16. The quantitative estimate of drug-likeness (QED) is 0.606. The highest BCUT2D eigenvalue weighted by atomic mass is 127. The number of rotatable bonds is 4. The zero-order valence-electron chi connectivity index (χ0n) is 8.68. The Morgan fingerprint density at radius 2 is 1.88 bits per heavy atom. The third kappa shape index (κ3) is 5.00. The zero-order valence-corrected chi connectivity index (χ0v) is 10.8. The van der Waals surface area contributed by atoms with Crippen LogP contribution in [0.1, 0.15) is 0 Å². The summed E-state index contributed by atoms with van der Waals surface area (Å²) in [6, 6.07) is 6.51. The van der Waals surface area contributed by atoms with E-state index < -0.39 is 18.1 Å². The molecule has 92 valence electrons. The van der Waals surface area contributed by atoms with Gasteiger partial charge in [-0.3, -0.25) is 0 Å². The molecule has 0 aliphatic carbocycles. The number of carboxylic acid groups (broad SMARTS) is 1. The number of anilines is 1. The van der Waals surface area contributed by atoms with E-state index in [1.807, 2.05) is 12.1 Å². The van der Waals surface area contributed by atoms with E-state index in [0.29, 0.717) is 5.69 Å². The van der Waals surface area contributed by atoms with Gasteiger partial charge in [0.15, 0.2) is 6.10 Å². The maximum Gasteiger partial charge on any atom is 0.334 e. The Morgan fingerprint density at radius 3 is 2.41 bits per heavy atom. The van der Waals surface area contributed by atoms with Gasteiger partial charge in [-0.05, 0) is 46.9 Å². The van der Waals surface area contributed by atoms with Crippen molar-refractivity contribution in [3.05, 3.63) is 27.8 Å². The Bertz CT molecular complexity index is 407. The molecule has 4 N–H and O–H groups in total. The van der Waals surface area contributed by atoms with Gasteiger partial charge in [-0.2, -0.15) is 0 Å². The summed E-state index contributed by atoms with van der Waals surface area (Å²) < 4.78 is 1.04. The fourth-order valence-corrected chi connectivity index (χ4v) is 1.34. The first-order chi connectivity index (χ1) is 7.99. The van der Waals surface area contributed by atoms with E-state index in [9.17, 15) is 9.59 Å². The SMILES string of the molecule is O=C(NC[C@H](O)C(=O)O)Nc1ccc(I)cc1. The molecule has 0 heterocycles. The molecule has 0 aliphatic heterocycles. The molecule has 0 aromatic heterocycles. The van der Waals surface area contributed by atoms with Crippen molar-refractivity contribution in [3.63, 3.8) is 0 Å². The van der Waals surface area contributed by atoms with E-state index in [2.05, 4.69) is 33.2 Å². The highest BCUT2D eigenvalue weighted by molar-refractivity contribution is 14.1. The number of hydrogen-bond acceptors (Lipinski definition) is 3. The molecule has 0 spiro atoms. The molecule has 0 saturated heterocycles. The van der Waals surface area contributed by atoms with Gasteiger partial charge in [0.05, 0.1) is 6.54 Å². The van der Waals surface area contributed by atoms with Crippen molar-refractivity contribution in [2.75, 3.05) is 11.9 Å². The van der Waals surface area contributed by atoms with E-state index in [1.54, 1.807) is 12.1 Å². The van der Waals surface area contributed by atoms with E-state index in [4.69, 9.17) is 10.2 Å². The van der Waals surface area contributed by atoms with Crippen molar-refractivity contribution >= 4 is 40.3 Å². The van der Waals surface area contributed by atoms with Gasteiger partial charge in [-0.1, -0.05) is 0 Å². The average molecular weight is 350 g/mol. The van der Waals surface area contributed by atoms with Crippen molar-refractivity contribution in [1.82, 2.24) is 5.32 Å². The minimum absolute atomic E-state index is 0.342. The average Bonchev–Trinajstić information content (AvgIpc) is 2.29. The van der Waals surface area contributed by atoms with Gasteiger partial charge in [0.2, 0.25) is 0 Å². The van der Waals surface area contributed by atoms with E-state index in [-0.39, 0.29) is 6.54 Å². The first kappa shape index (κ1) is 13.7. The fourth-order valence-electron chi connectivity index (χ4n) is 0.985. The zero-order chi connectivity index (χ0) is 12.8. The Morgan fingerprint density at radius 1 is 1.29 bits per heavy atom. The Labute approximate surface area is 111 Å². The monoisotopic (exact) mass is 350 g/mol. The van der Waals surface area contributed by atoms with Gasteiger partial charge in [-0.15, -0.1) is 0 Å². The van der Waals surface area contributed by atoms with Crippen LogP contribution in [0.5, 0.6) is 0 Å². The second kappa shape index (κ2) is 6.40. The summed E-state index contributed by atoms with van der Waals surface area (Å²) in [6.07, 6.45) is -1.60. The molecule has 0 fully saturated rings. The normalized spacial score (nSPS) is 11.6. The number of aliphatic hydroxyl groups is 1. The fraction of sp³-hybridized carbons (Fsp3) is 0.200. The number of halogens is 1. The first-order valence-electron chi connectivity index (χ1n) is 4.70. The number of urea groups is 1. The highest BCUT2D eigenvalue weighted by Crippen LogP contribution is 2.10. The Hall–Kier alpha value is -1.35. The molecule has 1 atom stereocenters. The molecule has 2 amide bonds. The van der Waals surface area contributed by atoms with Crippen LogP contribution in [0, 0.1) is 3.57 Å². The van der Waals surface area contributed by atoms with Crippen molar-refractivity contribution < 1.29 is 19.8 Å². The summed E-state index contributed by atoms with van der Waals surface area (Å²) in [4.78, 5) is 21.6. The molecule has 7 heteroatoms. The van der Waals surface area contributed by atoms with Crippen LogP contribution in [-0.4, -0.2) is 34.9 Å². The molecule has 1 rings (SSSR count). The maximum atomic E-state index is 11.3. The molecule has 0 aliphatic rings. The second-order valence-corrected chi connectivity index (χ2v) is 4.44. The molecule has 0 bridgehead atoms. The van der Waals surface area contributed by atoms with Crippen molar-refractivity contribution in [2.24, 2.45) is 0 Å². The molecule has 17 heavy (non-hydrogen) atoms. The topological polar surface area (TPSA) is 98.7 Å². The lowest BCUT2D eigenvalue weighted by molar-refractivity contribution is -0.146. The number of aliphatic carboxylic acids is 1. The summed E-state index contributed by atoms with van der Waals surface area (Å²) in [5.41, 5.74) is 0.590. The number of carbonyl (C=O) groups is 2. The van der Waals surface area contributed by atoms with Crippen LogP contribution in [0.2, 0.25) is 0 Å². The largest absolute Gasteiger partial charge is 0.479 e. The summed E-state index contributed by atoms with van der Waals surface area (Å²) in [5, 5.41) is 22.1. The predicted octanol–water partition coefficient (Wildman–Crippen LogP) is 0.858. The van der Waals surface area contributed by atoms with E-state index in [0.717, 1.165) is 3.57 Å². The van der Waals surface area contributed by atoms with Crippen LogP contribution in [-0.2, 0) is 4.79 Å². The van der Waals surface area contributed by atoms with E-state index in [1.165, 1.54) is 0 Å². The van der Waals surface area contributed by atoms with Crippen LogP contribution in [0.25, 0.3) is 0 Å². The second-order valence-electron chi connectivity index (χ2n) is 3.20. The number of carbonyl (C=O) groups excluding carboxylic acids is 1. The molecular weight excluding hydrogens is 339 g/mol. The molecular formula is C10H11IN2O4. The van der Waals surface area contributed by atoms with Gasteiger partial charge < -0.3 is 20.8 Å². The van der Waals surface area contributed by atoms with Gasteiger partial charge in [0.1, 0.15) is 0 Å². The summed E-state index contributed by atoms with van der Waals surface area (Å²) in [6.45, 7) is -0.342. The maximum absolute atomic E-state index is 11.3. The smallest absolute Gasteiger partial charge is 0.334 e. The molecule has 1 aromatic rings. The van der Waals surface area contributed by atoms with Gasteiger partial charge in [0.25, 0.3) is 0 Å². The summed E-state index contributed by atoms with van der Waals surface area (Å²) in [5.74, 6) is -1.38. The molecule has 6 nitrogen and oxygen atoms in total. The predicted molar refractivity (Wildman–Crippen MR) is 69.8 cm³/mol. The molecule has 0 saturated carbocycles. The number of nitrogens with one attached hydrogen (secondary N) is 2. The minimum atomic E-state index is -1.60. The van der Waals surface area contributed by atoms with Gasteiger partial charge in [0, 0.05) is 9.26 Å². The summed E-state index contributed by atoms with van der Waals surface area (Å²) >= 11 is 2.14. The lowest BCUT2D eigenvalue weighted by Crippen LogP contribution is -2.38. The molecule has 0 unspecified atom stereocenters. The van der Waals surface area contributed by atoms with Crippen LogP contribution in [0.4, 0.5) is 10.5 Å². The van der Waals surface area contributed by atoms with Crippen molar-refractivity contribution in [1.29, 1.82) is 0 Å². The third-order valence-electron chi connectivity index (χ3n) is 1.84. The first-order valence-corrected chi connectivity index (χ1v) is 5.78. The van der Waals surface area contributed by atoms with Gasteiger partial charge in [-0.25, -0.2) is 9.59 Å². The number of aliphatic hydroxyl groups excluding tert-OH is 1. The molecule has 1 aromatic carbocycles. The molecule has 0 radical (unpaired) electrons. The number of benzene rings is 1. The van der Waals surface area contributed by atoms with Crippen molar-refractivity contribution in [2.45, 2.75) is 6.10 Å². The summed E-state index contributed by atoms with van der Waals surface area (Å²) in [7, 11) is 0. The Balaban J connectivity index is 2.39. The highest BCUT2D eigenvalue weighted by Gasteiger charge is 2.13. The lowest BCUT2D eigenvalue weighted by Gasteiger charge is -2.09. The number of hydrogen-bond donors (Lipinski definition) is 4. The van der Waals surface area contributed by atoms with Gasteiger partial charge >= 0.3 is 12.0 Å². The van der Waals surface area contributed by atoms with Crippen LogP contribution in [0.15, 0.2) is 24.3 Å². The van der Waals surface area contributed by atoms with E-state index >= 15 is 0 Å². The van der Waals surface area contributed by atoms with Crippen LogP contribution in [0.3, 0.4) is 0 Å². The number of amides is 2. The third-order valence-corrected chi connectivity index (χ3v) is 2.56. The van der Waals surface area contributed by atoms with Crippen molar-refractivity contribution in [3.8, 4) is 0 Å². The van der Waals surface area contributed by atoms with Crippen LogP contribution >= 0.6 is 22.6 Å². The number of carboxylic acids is 1. The minimum Gasteiger partial charge on any atom is -0.479 e.